The van der Waals surface area contributed by atoms with Crippen molar-refractivity contribution >= 4 is 27.3 Å². The Labute approximate surface area is 163 Å². The highest BCUT2D eigenvalue weighted by molar-refractivity contribution is 7.92. The molecule has 0 spiro atoms. The number of aromatic nitrogens is 2. The van der Waals surface area contributed by atoms with Crippen molar-refractivity contribution in [2.75, 3.05) is 17.6 Å². The molecule has 1 N–H and O–H groups in total. The molecular weight excluding hydrogens is 386 g/mol. The maximum Gasteiger partial charge on any atom is 0.233 e. The smallest absolute Gasteiger partial charge is 0.233 e. The zero-order valence-corrected chi connectivity index (χ0v) is 16.6. The largest absolute Gasteiger partial charge is 0.494 e. The zero-order valence-electron chi connectivity index (χ0n) is 15.0. The Morgan fingerprint density at radius 1 is 1.19 bits per heavy atom. The number of ether oxygens (including phenoxy) is 1. The van der Waals surface area contributed by atoms with Crippen LogP contribution in [0.4, 0.5) is 5.69 Å². The summed E-state index contributed by atoms with van der Waals surface area (Å²) in [6.45, 7) is 1.90. The Bertz CT molecular complexity index is 1030. The monoisotopic (exact) mass is 405 g/mol. The van der Waals surface area contributed by atoms with Gasteiger partial charge in [-0.3, -0.25) is 4.72 Å². The summed E-state index contributed by atoms with van der Waals surface area (Å²) in [5.41, 5.74) is 3.02. The minimum Gasteiger partial charge on any atom is -0.494 e. The lowest BCUT2D eigenvalue weighted by Gasteiger charge is -2.13. The third kappa shape index (κ3) is 5.02. The summed E-state index contributed by atoms with van der Waals surface area (Å²) in [5.74, 6) is 0.518. The third-order valence-electron chi connectivity index (χ3n) is 4.02. The molecule has 0 aliphatic heterocycles. The predicted octanol–water partition coefficient (Wildman–Crippen LogP) is 3.83. The van der Waals surface area contributed by atoms with E-state index < -0.39 is 10.0 Å². The van der Waals surface area contributed by atoms with Crippen molar-refractivity contribution in [2.45, 2.75) is 13.3 Å². The molecule has 27 heavy (non-hydrogen) atoms. The summed E-state index contributed by atoms with van der Waals surface area (Å²) in [4.78, 5) is 4.20. The molecule has 1 aromatic heterocycles. The highest BCUT2D eigenvalue weighted by Crippen LogP contribution is 2.27. The Hall–Kier alpha value is -2.51. The van der Waals surface area contributed by atoms with Gasteiger partial charge in [0.25, 0.3) is 0 Å². The lowest BCUT2D eigenvalue weighted by Crippen LogP contribution is -2.18. The highest BCUT2D eigenvalue weighted by atomic mass is 35.5. The number of sulfonamides is 1. The molecule has 8 heteroatoms. The number of methoxy groups -OCH3 is 1. The second kappa shape index (κ2) is 8.02. The second-order valence-electron chi connectivity index (χ2n) is 6.11. The van der Waals surface area contributed by atoms with E-state index in [1.54, 1.807) is 43.8 Å². The number of benzene rings is 2. The van der Waals surface area contributed by atoms with Crippen molar-refractivity contribution in [3.05, 3.63) is 71.3 Å². The summed E-state index contributed by atoms with van der Waals surface area (Å²) in [6.07, 6.45) is 3.95. The number of aryl methyl sites for hydroxylation is 2. The first-order chi connectivity index (χ1) is 12.9. The first kappa shape index (κ1) is 19.3. The molecule has 0 saturated heterocycles. The van der Waals surface area contributed by atoms with Crippen LogP contribution in [0.5, 0.6) is 5.75 Å². The van der Waals surface area contributed by atoms with Crippen LogP contribution in [-0.2, 0) is 16.4 Å². The standard InChI is InChI=1S/C19H20ClN3O3S/c1-14-12-23(13-21-14)18-8-7-17(11-19(18)26-2)22-27(24,25)10-9-15-3-5-16(20)6-4-15/h3-8,11-13,22H,9-10H2,1-2H3. The van der Waals surface area contributed by atoms with E-state index in [1.165, 1.54) is 0 Å². The maximum absolute atomic E-state index is 12.4. The van der Waals surface area contributed by atoms with E-state index in [-0.39, 0.29) is 5.75 Å². The van der Waals surface area contributed by atoms with Crippen molar-refractivity contribution in [1.82, 2.24) is 9.55 Å². The van der Waals surface area contributed by atoms with Gasteiger partial charge in [0.05, 0.1) is 36.3 Å². The first-order valence-corrected chi connectivity index (χ1v) is 10.3. The van der Waals surface area contributed by atoms with Crippen LogP contribution in [0.2, 0.25) is 5.02 Å². The number of halogens is 1. The summed E-state index contributed by atoms with van der Waals surface area (Å²) >= 11 is 5.85. The van der Waals surface area contributed by atoms with Gasteiger partial charge in [0.1, 0.15) is 5.75 Å². The molecule has 6 nitrogen and oxygen atoms in total. The molecule has 0 fully saturated rings. The van der Waals surface area contributed by atoms with Gasteiger partial charge in [0.2, 0.25) is 10.0 Å². The molecule has 142 valence electrons. The predicted molar refractivity (Wildman–Crippen MR) is 107 cm³/mol. The highest BCUT2D eigenvalue weighted by Gasteiger charge is 2.13. The van der Waals surface area contributed by atoms with Crippen molar-refractivity contribution in [2.24, 2.45) is 0 Å². The van der Waals surface area contributed by atoms with E-state index in [9.17, 15) is 8.42 Å². The lowest BCUT2D eigenvalue weighted by molar-refractivity contribution is 0.413. The quantitative estimate of drug-likeness (QED) is 0.648. The van der Waals surface area contributed by atoms with Crippen molar-refractivity contribution in [3.63, 3.8) is 0 Å². The summed E-state index contributed by atoms with van der Waals surface area (Å²) in [6, 6.07) is 12.3. The van der Waals surface area contributed by atoms with Crippen molar-refractivity contribution in [1.29, 1.82) is 0 Å². The lowest BCUT2D eigenvalue weighted by atomic mass is 10.2. The van der Waals surface area contributed by atoms with Gasteiger partial charge < -0.3 is 9.30 Å². The number of hydrogen-bond acceptors (Lipinski definition) is 4. The van der Waals surface area contributed by atoms with E-state index in [2.05, 4.69) is 9.71 Å². The van der Waals surface area contributed by atoms with Gasteiger partial charge in [-0.15, -0.1) is 0 Å². The average Bonchev–Trinajstić information content (AvgIpc) is 3.07. The molecule has 2 aromatic carbocycles. The van der Waals surface area contributed by atoms with Crippen LogP contribution >= 0.6 is 11.6 Å². The molecule has 0 saturated carbocycles. The van der Waals surface area contributed by atoms with Gasteiger partial charge in [0.15, 0.2) is 0 Å². The molecule has 0 amide bonds. The fourth-order valence-electron chi connectivity index (χ4n) is 2.64. The van der Waals surface area contributed by atoms with Crippen LogP contribution in [0, 0.1) is 6.92 Å². The number of anilines is 1. The molecule has 3 aromatic rings. The molecule has 0 bridgehead atoms. The molecule has 0 radical (unpaired) electrons. The molecule has 0 aliphatic rings. The van der Waals surface area contributed by atoms with Gasteiger partial charge in [-0.1, -0.05) is 23.7 Å². The molecule has 0 atom stereocenters. The fourth-order valence-corrected chi connectivity index (χ4v) is 3.86. The number of hydrogen-bond donors (Lipinski definition) is 1. The van der Waals surface area contributed by atoms with Crippen LogP contribution in [0.1, 0.15) is 11.3 Å². The molecule has 0 aliphatic carbocycles. The number of imidazole rings is 1. The van der Waals surface area contributed by atoms with Gasteiger partial charge in [-0.05, 0) is 43.2 Å². The van der Waals surface area contributed by atoms with Crippen LogP contribution < -0.4 is 9.46 Å². The Morgan fingerprint density at radius 3 is 2.56 bits per heavy atom. The molecule has 1 heterocycles. The van der Waals surface area contributed by atoms with Crippen LogP contribution in [0.15, 0.2) is 55.0 Å². The number of rotatable bonds is 7. The zero-order chi connectivity index (χ0) is 19.4. The minimum atomic E-state index is -3.50. The van der Waals surface area contributed by atoms with Gasteiger partial charge >= 0.3 is 0 Å². The third-order valence-corrected chi connectivity index (χ3v) is 5.56. The van der Waals surface area contributed by atoms with E-state index in [4.69, 9.17) is 16.3 Å². The normalized spacial score (nSPS) is 11.4. The van der Waals surface area contributed by atoms with Crippen molar-refractivity contribution in [3.8, 4) is 11.4 Å². The topological polar surface area (TPSA) is 73.2 Å². The Balaban J connectivity index is 1.73. The molecular formula is C19H20ClN3O3S. The Kier molecular flexibility index (Phi) is 5.72. The average molecular weight is 406 g/mol. The van der Waals surface area contributed by atoms with E-state index in [0.29, 0.717) is 22.9 Å². The first-order valence-electron chi connectivity index (χ1n) is 8.30. The van der Waals surface area contributed by atoms with E-state index in [1.807, 2.05) is 29.8 Å². The maximum atomic E-state index is 12.4. The van der Waals surface area contributed by atoms with Gasteiger partial charge in [-0.25, -0.2) is 13.4 Å². The minimum absolute atomic E-state index is 0.0284. The SMILES string of the molecule is COc1cc(NS(=O)(=O)CCc2ccc(Cl)cc2)ccc1-n1cnc(C)c1. The molecule has 0 unspecified atom stereocenters. The van der Waals surface area contributed by atoms with Crippen LogP contribution in [0.25, 0.3) is 5.69 Å². The van der Waals surface area contributed by atoms with Crippen LogP contribution in [-0.4, -0.2) is 30.8 Å². The van der Waals surface area contributed by atoms with E-state index in [0.717, 1.165) is 16.9 Å². The van der Waals surface area contributed by atoms with E-state index >= 15 is 0 Å². The van der Waals surface area contributed by atoms with Crippen LogP contribution in [0.3, 0.4) is 0 Å². The van der Waals surface area contributed by atoms with Gasteiger partial charge in [-0.2, -0.15) is 0 Å². The number of nitrogens with zero attached hydrogens (tertiary/aromatic N) is 2. The Morgan fingerprint density at radius 2 is 1.93 bits per heavy atom. The second-order valence-corrected chi connectivity index (χ2v) is 8.38. The van der Waals surface area contributed by atoms with Crippen molar-refractivity contribution < 1.29 is 13.2 Å². The summed E-state index contributed by atoms with van der Waals surface area (Å²) in [7, 11) is -1.96. The fraction of sp³-hybridized carbons (Fsp3) is 0.211. The summed E-state index contributed by atoms with van der Waals surface area (Å²) in [5, 5.41) is 0.625. The van der Waals surface area contributed by atoms with Gasteiger partial charge in [0, 0.05) is 17.3 Å². The number of nitrogens with one attached hydrogen (secondary N) is 1. The summed E-state index contributed by atoms with van der Waals surface area (Å²) < 4.78 is 34.6. The molecule has 3 rings (SSSR count).